The Bertz CT molecular complexity index is 3000. The summed E-state index contributed by atoms with van der Waals surface area (Å²) < 4.78 is 70.1. The predicted molar refractivity (Wildman–Crippen MR) is 414 cm³/mol. The first-order valence-corrected chi connectivity index (χ1v) is 46.8. The van der Waals surface area contributed by atoms with E-state index in [0.717, 1.165) is 78.1 Å². The van der Waals surface area contributed by atoms with E-state index in [-0.39, 0.29) is 67.5 Å². The third-order valence-corrected chi connectivity index (χ3v) is 35.3. The van der Waals surface area contributed by atoms with Crippen molar-refractivity contribution in [1.82, 2.24) is 50.6 Å². The molecule has 12 aliphatic carbocycles. The normalized spacial score (nSPS) is 53.3. The Kier molecular flexibility index (Phi) is 24.4. The minimum absolute atomic E-state index is 0.0416. The number of alkyl halides is 5. The predicted octanol–water partition coefficient (Wildman–Crippen LogP) is 17.3. The molecule has 32 rings (SSSR count). The fourth-order valence-electron chi connectivity index (χ4n) is 31.5. The maximum atomic E-state index is 14.2. The van der Waals surface area contributed by atoms with Gasteiger partial charge in [-0.3, -0.25) is 4.79 Å². The van der Waals surface area contributed by atoms with Crippen molar-refractivity contribution >= 4 is 5.78 Å². The van der Waals surface area contributed by atoms with Crippen molar-refractivity contribution in [2.45, 2.75) is 485 Å². The highest BCUT2D eigenvalue weighted by molar-refractivity contribution is 5.80. The smallest absolute Gasteiger partial charge is 0.186 e. The van der Waals surface area contributed by atoms with Crippen molar-refractivity contribution in [2.24, 2.45) is 59.2 Å². The Labute approximate surface area is 675 Å². The number of fused-ring (bicyclic) bond motifs is 8. The molecule has 20 aliphatic heterocycles. The Hall–Kier alpha value is -1.48. The molecule has 10 N–H and O–H groups in total. The van der Waals surface area contributed by atoms with Gasteiger partial charge in [0.05, 0.1) is 0 Å². The molecule has 0 radical (unpaired) electrons. The maximum absolute atomic E-state index is 14.2. The second-order valence-corrected chi connectivity index (χ2v) is 44.7. The summed E-state index contributed by atoms with van der Waals surface area (Å²) in [6.07, 6.45) is 47.8. The summed E-state index contributed by atoms with van der Waals surface area (Å²) in [5.74, 6) is 7.46. The summed E-state index contributed by atoms with van der Waals surface area (Å²) in [5.41, 5.74) is -5.94. The molecule has 12 atom stereocenters. The zero-order valence-electron chi connectivity index (χ0n) is 69.5. The minimum Gasteiger partial charge on any atom is -0.313 e. The Morgan fingerprint density at radius 1 is 0.263 bits per heavy atom. The molecule has 114 heavy (non-hydrogen) atoms. The molecule has 12 unspecified atom stereocenters. The molecule has 20 saturated heterocycles. The summed E-state index contributed by atoms with van der Waals surface area (Å²) in [6.45, 7) is 8.61. The Morgan fingerprint density at radius 2 is 0.553 bits per heavy atom. The van der Waals surface area contributed by atoms with Gasteiger partial charge in [-0.15, -0.1) is 0 Å². The van der Waals surface area contributed by atoms with Gasteiger partial charge in [0.25, 0.3) is 0 Å². The van der Waals surface area contributed by atoms with Crippen LogP contribution < -0.4 is 0 Å². The zero-order chi connectivity index (χ0) is 80.1. The lowest BCUT2D eigenvalue weighted by Gasteiger charge is -2.63. The van der Waals surface area contributed by atoms with Gasteiger partial charge in [0.2, 0.25) is 0 Å². The molecule has 650 valence electrons. The minimum atomic E-state index is -1.37. The third kappa shape index (κ3) is 17.5. The van der Waals surface area contributed by atoms with Crippen molar-refractivity contribution < 1.29 is 78.8 Å². The van der Waals surface area contributed by atoms with Crippen LogP contribution in [0.25, 0.3) is 0 Å². The van der Waals surface area contributed by atoms with Gasteiger partial charge in [0.15, 0.2) is 5.79 Å². The van der Waals surface area contributed by atoms with E-state index in [1.165, 1.54) is 214 Å². The molecule has 26 heteroatoms. The lowest BCUT2D eigenvalue weighted by atomic mass is 9.56. The van der Waals surface area contributed by atoms with E-state index < -0.39 is 34.0 Å². The molecule has 32 aliphatic rings. The van der Waals surface area contributed by atoms with Crippen LogP contribution in [0.5, 0.6) is 0 Å². The number of hydrogen-bond acceptors (Lipinski definition) is 21. The van der Waals surface area contributed by atoms with Gasteiger partial charge in [-0.05, 0) is 311 Å². The first-order chi connectivity index (χ1) is 54.0. The highest BCUT2D eigenvalue weighted by Gasteiger charge is 2.67. The van der Waals surface area contributed by atoms with Crippen LogP contribution in [0.4, 0.5) is 22.0 Å². The number of Topliss-reactive ketones (excluding diaryl/α,β-unsaturated/α-hetero) is 1. The van der Waals surface area contributed by atoms with Gasteiger partial charge < -0.3 is 52.1 Å². The number of carbonyl (C=O) groups excluding carboxylic acids is 1. The van der Waals surface area contributed by atoms with E-state index in [1.54, 1.807) is 37.3 Å². The quantitative estimate of drug-likeness (QED) is 0.0799. The number of rotatable bonds is 0. The molecule has 0 aromatic rings. The van der Waals surface area contributed by atoms with E-state index in [4.69, 9.17) is 0 Å². The first kappa shape index (κ1) is 84.7. The third-order valence-electron chi connectivity index (χ3n) is 35.3. The van der Waals surface area contributed by atoms with Gasteiger partial charge in [0.1, 0.15) is 28.5 Å². The van der Waals surface area contributed by atoms with Crippen LogP contribution in [0, 0.1) is 59.2 Å². The largest absolute Gasteiger partial charge is 0.313 e. The SMILES string of the molecule is CC12CC3(F)CC(CC(F)(C3)C1)N2O.CC12CC3CC(CC(C3)N1O)C2.CC1CC2CCCC(C1)N2O.CC1CC2CCCC(C1)N2O.O=C1CC2CCC(C1)N2O.ON1C2CC3(F)CC1CC(F)(C2)C3.ON1C2CC3CC(C2)CC1(F)C3.ON1C2CC3CC(C2)CC1C3.ON1C2CC3CC1CC3C2.ON1C2CCCC1CCC2. The van der Waals surface area contributed by atoms with Crippen LogP contribution in [-0.4, -0.2) is 251 Å². The molecule has 21 nitrogen and oxygen atoms in total. The van der Waals surface area contributed by atoms with Crippen LogP contribution >= 0.6 is 0 Å². The molecule has 12 saturated carbocycles. The molecule has 20 heterocycles. The second-order valence-electron chi connectivity index (χ2n) is 44.7. The average molecular weight is 1620 g/mol. The zero-order valence-corrected chi connectivity index (χ0v) is 69.5. The molecule has 0 amide bonds. The average Bonchev–Trinajstić information content (AvgIpc) is 0.722. The molecule has 0 aromatic heterocycles. The summed E-state index contributed by atoms with van der Waals surface area (Å²) >= 11 is 0. The van der Waals surface area contributed by atoms with E-state index in [9.17, 15) is 78.8 Å². The van der Waals surface area contributed by atoms with Crippen LogP contribution in [-0.2, 0) is 4.79 Å². The summed E-state index contributed by atoms with van der Waals surface area (Å²) in [7, 11) is 0. The second kappa shape index (κ2) is 32.9. The van der Waals surface area contributed by atoms with Crippen molar-refractivity contribution in [3.63, 3.8) is 0 Å². The van der Waals surface area contributed by atoms with E-state index in [2.05, 4.69) is 20.8 Å². The Morgan fingerprint density at radius 3 is 0.921 bits per heavy atom. The number of hydroxylamine groups is 20. The van der Waals surface area contributed by atoms with Gasteiger partial charge in [-0.1, -0.05) is 39.5 Å². The number of carbonyl (C=O) groups is 1. The highest BCUT2D eigenvalue weighted by atomic mass is 19.2. The lowest BCUT2D eigenvalue weighted by molar-refractivity contribution is -0.319. The van der Waals surface area contributed by atoms with Crippen LogP contribution in [0.2, 0.25) is 0 Å². The molecule has 0 spiro atoms. The summed E-state index contributed by atoms with van der Waals surface area (Å²) in [6, 6.07) is 5.14. The monoisotopic (exact) mass is 1620 g/mol. The van der Waals surface area contributed by atoms with Gasteiger partial charge >= 0.3 is 0 Å². The van der Waals surface area contributed by atoms with E-state index in [1.807, 2.05) is 0 Å². The fraction of sp³-hybridized carbons (Fsp3) is 0.989. The molecule has 0 aromatic carbocycles. The van der Waals surface area contributed by atoms with Gasteiger partial charge in [-0.25, -0.2) is 22.0 Å². The molecule has 32 bridgehead atoms. The Balaban J connectivity index is 0.0000000917. The summed E-state index contributed by atoms with van der Waals surface area (Å²) in [5, 5.41) is 111. The topological polar surface area (TPSA) is 252 Å². The van der Waals surface area contributed by atoms with Gasteiger partial charge in [0, 0.05) is 165 Å². The lowest BCUT2D eigenvalue weighted by Crippen LogP contribution is -2.72. The van der Waals surface area contributed by atoms with Crippen molar-refractivity contribution in [1.29, 1.82) is 0 Å². The maximum Gasteiger partial charge on any atom is 0.186 e. The number of piperidine rings is 19. The fourth-order valence-corrected chi connectivity index (χ4v) is 31.5. The van der Waals surface area contributed by atoms with Crippen molar-refractivity contribution in [3.05, 3.63) is 0 Å². The van der Waals surface area contributed by atoms with Crippen LogP contribution in [0.1, 0.15) is 342 Å². The van der Waals surface area contributed by atoms with Crippen molar-refractivity contribution in [3.8, 4) is 0 Å². The van der Waals surface area contributed by atoms with E-state index in [0.29, 0.717) is 148 Å². The molecular formula is C88H147F5N10O11. The number of hydrogen-bond donors (Lipinski definition) is 10. The van der Waals surface area contributed by atoms with Gasteiger partial charge in [-0.2, -0.15) is 50.6 Å². The van der Waals surface area contributed by atoms with E-state index >= 15 is 0 Å². The highest BCUT2D eigenvalue weighted by Crippen LogP contribution is 2.62. The standard InChI is InChI=1S/C10H15F2NO.C10H17NO.C9H13F2NO.C9H14FNO.C9H15NO.2C9H17NO.C8H13NO.C8H15NO.C7H11NO2/c1-8-4-9(11)2-7(13(8)14)3-10(12,5-8)6-9;1-10-5-7-2-8(6-10)4-9(3-7)11(10)12;10-8-1-6-2-9(11,5-8)4-7(3-8)12(6)13;10-9-4-6-1-7(5-9)3-8(2-6)11(9)12;11-10-8-2-6-1-7(4-8)5-9(10)3-6;2*1-7-5-8-3-2-4-9(6-7)10(8)11;10-9-7-1-5-2-8(9)4-6(5)3-7;10-9-7-3-1-4-8(9)6-2-5-7;9-7-3-5-1-2-6(4-7)8(5)10/h7,14H,2-6H2,1H3;7-9,12H,2-6H2,1H3;6-7,13H,1-5H2;6-8,12H,1-5H2;6-9,11H,1-5H2;2*7-9,11H,2-6H2,1H3;5-8,10H,1-4H2;7-8,10H,1-6H2;5-6,10H,1-4H2. The number of halogens is 5. The molecule has 32 fully saturated rings. The number of nitrogens with zero attached hydrogens (tertiary/aromatic N) is 10. The summed E-state index contributed by atoms with van der Waals surface area (Å²) in [4.78, 5) is 10.9. The first-order valence-electron chi connectivity index (χ1n) is 46.8. The van der Waals surface area contributed by atoms with Crippen LogP contribution in [0.3, 0.4) is 0 Å². The molecular weight excluding hydrogens is 1470 g/mol. The van der Waals surface area contributed by atoms with Crippen molar-refractivity contribution in [2.75, 3.05) is 0 Å². The van der Waals surface area contributed by atoms with Crippen LogP contribution in [0.15, 0.2) is 0 Å². The number of ketones is 1.